The van der Waals surface area contributed by atoms with Crippen LogP contribution in [-0.4, -0.2) is 19.0 Å². The Morgan fingerprint density at radius 1 is 1.25 bits per heavy atom. The Morgan fingerprint density at radius 2 is 2.04 bits per heavy atom. The van der Waals surface area contributed by atoms with Crippen molar-refractivity contribution in [1.82, 2.24) is 0 Å². The first-order valence-electron chi connectivity index (χ1n) is 9.86. The highest BCUT2D eigenvalue weighted by molar-refractivity contribution is 5.97. The maximum Gasteiger partial charge on any atom is 0.230 e. The second-order valence-electron chi connectivity index (χ2n) is 7.60. The van der Waals surface area contributed by atoms with Crippen LogP contribution in [0.1, 0.15) is 63.0 Å². The molecule has 1 saturated carbocycles. The van der Waals surface area contributed by atoms with Crippen molar-refractivity contribution in [2.24, 2.45) is 17.6 Å². The molecule has 2 aliphatic rings. The van der Waals surface area contributed by atoms with Gasteiger partial charge in [-0.25, -0.2) is 0 Å². The molecule has 1 aliphatic carbocycles. The molecule has 1 aliphatic heterocycles. The van der Waals surface area contributed by atoms with Crippen LogP contribution in [-0.2, 0) is 17.6 Å². The van der Waals surface area contributed by atoms with Crippen molar-refractivity contribution in [2.45, 2.75) is 64.7 Å². The minimum atomic E-state index is 0.248. The summed E-state index contributed by atoms with van der Waals surface area (Å²) < 4.78 is 0. The number of anilines is 1. The molecule has 0 spiro atoms. The Labute approximate surface area is 146 Å². The van der Waals surface area contributed by atoms with E-state index in [-0.39, 0.29) is 5.92 Å². The lowest BCUT2D eigenvalue weighted by Gasteiger charge is -2.30. The summed E-state index contributed by atoms with van der Waals surface area (Å²) in [5.74, 6) is 1.48. The zero-order chi connectivity index (χ0) is 16.9. The standard InChI is InChI=1S/C21H32N2O/c1-2-3-4-16-5-8-18(9-6-16)21(24)23-14-12-19-15-17(11-13-22)7-10-20(19)23/h7,10,15-16,18H,2-6,8-9,11-14,22H2,1H3. The smallest absolute Gasteiger partial charge is 0.230 e. The van der Waals surface area contributed by atoms with E-state index in [2.05, 4.69) is 30.0 Å². The molecular weight excluding hydrogens is 296 g/mol. The van der Waals surface area contributed by atoms with Crippen LogP contribution in [0.5, 0.6) is 0 Å². The van der Waals surface area contributed by atoms with Gasteiger partial charge in [-0.3, -0.25) is 4.79 Å². The van der Waals surface area contributed by atoms with Crippen molar-refractivity contribution >= 4 is 11.6 Å². The van der Waals surface area contributed by atoms with E-state index in [1.54, 1.807) is 0 Å². The molecule has 3 rings (SSSR count). The molecule has 3 heteroatoms. The van der Waals surface area contributed by atoms with E-state index in [1.165, 1.54) is 43.2 Å². The zero-order valence-electron chi connectivity index (χ0n) is 15.1. The molecule has 1 aromatic rings. The van der Waals surface area contributed by atoms with E-state index in [4.69, 9.17) is 5.73 Å². The first-order valence-corrected chi connectivity index (χ1v) is 9.86. The molecule has 132 valence electrons. The number of fused-ring (bicyclic) bond motifs is 1. The second kappa shape index (κ2) is 8.15. The molecule has 0 aromatic heterocycles. The average Bonchev–Trinajstić information content (AvgIpc) is 3.03. The maximum atomic E-state index is 13.0. The molecule has 0 saturated heterocycles. The Balaban J connectivity index is 1.60. The van der Waals surface area contributed by atoms with Crippen LogP contribution in [0.2, 0.25) is 0 Å². The minimum Gasteiger partial charge on any atom is -0.330 e. The van der Waals surface area contributed by atoms with E-state index >= 15 is 0 Å². The highest BCUT2D eigenvalue weighted by Gasteiger charge is 2.32. The predicted molar refractivity (Wildman–Crippen MR) is 100 cm³/mol. The van der Waals surface area contributed by atoms with Gasteiger partial charge in [0.2, 0.25) is 5.91 Å². The van der Waals surface area contributed by atoms with Crippen LogP contribution in [0.4, 0.5) is 5.69 Å². The number of unbranched alkanes of at least 4 members (excludes halogenated alkanes) is 1. The fourth-order valence-corrected chi connectivity index (χ4v) is 4.42. The third-order valence-corrected chi connectivity index (χ3v) is 5.90. The lowest BCUT2D eigenvalue weighted by Crippen LogP contribution is -2.36. The molecule has 0 atom stereocenters. The molecule has 1 fully saturated rings. The zero-order valence-corrected chi connectivity index (χ0v) is 15.1. The summed E-state index contributed by atoms with van der Waals surface area (Å²) in [6.45, 7) is 3.80. The van der Waals surface area contributed by atoms with Gasteiger partial charge in [0.05, 0.1) is 0 Å². The van der Waals surface area contributed by atoms with Gasteiger partial charge in [0.1, 0.15) is 0 Å². The maximum absolute atomic E-state index is 13.0. The molecule has 1 aromatic carbocycles. The van der Waals surface area contributed by atoms with E-state index in [1.807, 2.05) is 0 Å². The van der Waals surface area contributed by atoms with E-state index in [0.29, 0.717) is 12.5 Å². The SMILES string of the molecule is CCCCC1CCC(C(=O)N2CCc3cc(CCN)ccc32)CC1. The monoisotopic (exact) mass is 328 g/mol. The van der Waals surface area contributed by atoms with Gasteiger partial charge in [0.25, 0.3) is 0 Å². The van der Waals surface area contributed by atoms with Crippen molar-refractivity contribution in [1.29, 1.82) is 0 Å². The fraction of sp³-hybridized carbons (Fsp3) is 0.667. The van der Waals surface area contributed by atoms with E-state index in [9.17, 15) is 4.79 Å². The molecule has 1 amide bonds. The van der Waals surface area contributed by atoms with Gasteiger partial charge >= 0.3 is 0 Å². The number of rotatable bonds is 6. The summed E-state index contributed by atoms with van der Waals surface area (Å²) in [6.07, 6.45) is 10.6. The van der Waals surface area contributed by atoms with Crippen molar-refractivity contribution < 1.29 is 4.79 Å². The summed E-state index contributed by atoms with van der Waals surface area (Å²) in [7, 11) is 0. The van der Waals surface area contributed by atoms with Crippen LogP contribution < -0.4 is 10.6 Å². The topological polar surface area (TPSA) is 46.3 Å². The van der Waals surface area contributed by atoms with Crippen molar-refractivity contribution in [3.05, 3.63) is 29.3 Å². The molecule has 0 unspecified atom stereocenters. The second-order valence-corrected chi connectivity index (χ2v) is 7.60. The van der Waals surface area contributed by atoms with E-state index < -0.39 is 0 Å². The van der Waals surface area contributed by atoms with Gasteiger partial charge in [-0.1, -0.05) is 38.3 Å². The third-order valence-electron chi connectivity index (χ3n) is 5.90. The van der Waals surface area contributed by atoms with Gasteiger partial charge in [-0.05, 0) is 68.2 Å². The summed E-state index contributed by atoms with van der Waals surface area (Å²) in [6, 6.07) is 6.52. The van der Waals surface area contributed by atoms with Crippen LogP contribution in [0, 0.1) is 11.8 Å². The number of hydrogen-bond donors (Lipinski definition) is 1. The highest BCUT2D eigenvalue weighted by atomic mass is 16.2. The number of hydrogen-bond acceptors (Lipinski definition) is 2. The quantitative estimate of drug-likeness (QED) is 0.855. The fourth-order valence-electron chi connectivity index (χ4n) is 4.42. The van der Waals surface area contributed by atoms with Crippen LogP contribution in [0.25, 0.3) is 0 Å². The van der Waals surface area contributed by atoms with Crippen molar-refractivity contribution in [3.63, 3.8) is 0 Å². The molecule has 0 bridgehead atoms. The van der Waals surface area contributed by atoms with Gasteiger partial charge in [0, 0.05) is 18.2 Å². The largest absolute Gasteiger partial charge is 0.330 e. The van der Waals surface area contributed by atoms with Crippen LogP contribution in [0.15, 0.2) is 18.2 Å². The molecule has 3 nitrogen and oxygen atoms in total. The Bertz CT molecular complexity index is 561. The molecule has 24 heavy (non-hydrogen) atoms. The van der Waals surface area contributed by atoms with Crippen LogP contribution >= 0.6 is 0 Å². The van der Waals surface area contributed by atoms with Crippen molar-refractivity contribution in [2.75, 3.05) is 18.0 Å². The lowest BCUT2D eigenvalue weighted by molar-refractivity contribution is -0.123. The Kier molecular flexibility index (Phi) is 5.94. The Hall–Kier alpha value is -1.35. The number of nitrogens with zero attached hydrogens (tertiary/aromatic N) is 1. The molecule has 1 heterocycles. The van der Waals surface area contributed by atoms with Gasteiger partial charge in [-0.15, -0.1) is 0 Å². The minimum absolute atomic E-state index is 0.248. The van der Waals surface area contributed by atoms with E-state index in [0.717, 1.165) is 43.8 Å². The molecule has 0 radical (unpaired) electrons. The number of carbonyl (C=O) groups is 1. The summed E-state index contributed by atoms with van der Waals surface area (Å²) in [4.78, 5) is 15.1. The molecule has 2 N–H and O–H groups in total. The predicted octanol–water partition coefficient (Wildman–Crippen LogP) is 4.07. The number of carbonyl (C=O) groups excluding carboxylic acids is 1. The number of benzene rings is 1. The molecular formula is C21H32N2O. The number of nitrogens with two attached hydrogens (primary N) is 1. The van der Waals surface area contributed by atoms with Gasteiger partial charge in [-0.2, -0.15) is 0 Å². The van der Waals surface area contributed by atoms with Crippen LogP contribution in [0.3, 0.4) is 0 Å². The average molecular weight is 329 g/mol. The number of amides is 1. The van der Waals surface area contributed by atoms with Gasteiger partial charge < -0.3 is 10.6 Å². The Morgan fingerprint density at radius 3 is 2.75 bits per heavy atom. The normalized spacial score (nSPS) is 23.3. The summed E-state index contributed by atoms with van der Waals surface area (Å²) >= 11 is 0. The third kappa shape index (κ3) is 3.83. The van der Waals surface area contributed by atoms with Crippen molar-refractivity contribution in [3.8, 4) is 0 Å². The lowest BCUT2D eigenvalue weighted by atomic mass is 9.79. The first kappa shape index (κ1) is 17.5. The summed E-state index contributed by atoms with van der Waals surface area (Å²) in [5.41, 5.74) is 9.42. The van der Waals surface area contributed by atoms with Gasteiger partial charge in [0.15, 0.2) is 0 Å². The first-order chi connectivity index (χ1) is 11.7. The highest BCUT2D eigenvalue weighted by Crippen LogP contribution is 2.36. The summed E-state index contributed by atoms with van der Waals surface area (Å²) in [5, 5.41) is 0.